The van der Waals surface area contributed by atoms with Crippen LogP contribution in [0.1, 0.15) is 11.5 Å². The smallest absolute Gasteiger partial charge is 0.361 e. The number of para-hydroxylation sites is 1. The Morgan fingerprint density at radius 2 is 1.88 bits per heavy atom. The van der Waals surface area contributed by atoms with Crippen LogP contribution in [-0.4, -0.2) is 17.7 Å². The van der Waals surface area contributed by atoms with E-state index in [1.165, 1.54) is 6.20 Å². The molecule has 2 rings (SSSR count). The zero-order chi connectivity index (χ0) is 11.8. The van der Waals surface area contributed by atoms with E-state index in [1.54, 1.807) is 24.3 Å². The van der Waals surface area contributed by atoms with Gasteiger partial charge in [-0.05, 0) is 11.6 Å². The van der Waals surface area contributed by atoms with Crippen molar-refractivity contribution in [3.8, 4) is 0 Å². The fraction of sp³-hybridized carbons (Fsp3) is 0.273. The van der Waals surface area contributed by atoms with Gasteiger partial charge in [-0.15, -0.1) is 12.4 Å². The maximum absolute atomic E-state index is 12.7. The first-order valence-corrected chi connectivity index (χ1v) is 4.87. The van der Waals surface area contributed by atoms with Crippen LogP contribution in [0.2, 0.25) is 0 Å². The molecule has 94 valence electrons. The van der Waals surface area contributed by atoms with Gasteiger partial charge in [0.05, 0.1) is 5.92 Å². The molecule has 0 aliphatic heterocycles. The van der Waals surface area contributed by atoms with E-state index in [4.69, 9.17) is 5.73 Å². The number of hydrogen-bond donors (Lipinski definition) is 2. The third kappa shape index (κ3) is 2.56. The molecule has 1 atom stereocenters. The molecule has 1 unspecified atom stereocenters. The zero-order valence-electron chi connectivity index (χ0n) is 8.79. The van der Waals surface area contributed by atoms with Gasteiger partial charge in [0.25, 0.3) is 0 Å². The van der Waals surface area contributed by atoms with Gasteiger partial charge < -0.3 is 10.7 Å². The third-order valence-corrected chi connectivity index (χ3v) is 2.63. The van der Waals surface area contributed by atoms with Crippen molar-refractivity contribution >= 4 is 23.3 Å². The topological polar surface area (TPSA) is 41.8 Å². The summed E-state index contributed by atoms with van der Waals surface area (Å²) in [6.07, 6.45) is -2.92. The molecule has 1 heterocycles. The molecule has 0 bridgehead atoms. The van der Waals surface area contributed by atoms with E-state index in [1.807, 2.05) is 0 Å². The Morgan fingerprint density at radius 1 is 1.24 bits per heavy atom. The highest BCUT2D eigenvalue weighted by Gasteiger charge is 2.40. The molecule has 0 aliphatic carbocycles. The van der Waals surface area contributed by atoms with Crippen LogP contribution in [0.4, 0.5) is 13.2 Å². The predicted molar refractivity (Wildman–Crippen MR) is 63.4 cm³/mol. The van der Waals surface area contributed by atoms with Gasteiger partial charge in [0.1, 0.15) is 0 Å². The molecule has 17 heavy (non-hydrogen) atoms. The first-order valence-electron chi connectivity index (χ1n) is 4.87. The zero-order valence-corrected chi connectivity index (χ0v) is 9.61. The fourth-order valence-electron chi connectivity index (χ4n) is 1.82. The van der Waals surface area contributed by atoms with Gasteiger partial charge in [0.15, 0.2) is 0 Å². The standard InChI is InChI=1S/C11H11F3N2.ClH/c12-11(13,14)9(5-15)8-6-16-10-4-2-1-3-7(8)10;/h1-4,6,9,16H,5,15H2;1H. The van der Waals surface area contributed by atoms with Crippen molar-refractivity contribution in [1.82, 2.24) is 4.98 Å². The van der Waals surface area contributed by atoms with Crippen LogP contribution in [0.25, 0.3) is 10.9 Å². The number of fused-ring (bicyclic) bond motifs is 1. The number of nitrogens with one attached hydrogen (secondary N) is 1. The summed E-state index contributed by atoms with van der Waals surface area (Å²) in [7, 11) is 0. The number of alkyl halides is 3. The number of nitrogens with two attached hydrogens (primary N) is 1. The minimum absolute atomic E-state index is 0. The Balaban J connectivity index is 0.00000144. The number of rotatable bonds is 2. The van der Waals surface area contributed by atoms with Gasteiger partial charge in [-0.2, -0.15) is 13.2 Å². The van der Waals surface area contributed by atoms with E-state index in [-0.39, 0.29) is 18.0 Å². The number of H-pyrrole nitrogens is 1. The molecule has 1 aromatic heterocycles. The summed E-state index contributed by atoms with van der Waals surface area (Å²) in [6, 6.07) is 6.88. The summed E-state index contributed by atoms with van der Waals surface area (Å²) in [5, 5.41) is 0.579. The quantitative estimate of drug-likeness (QED) is 0.859. The molecule has 2 aromatic rings. The van der Waals surface area contributed by atoms with E-state index < -0.39 is 18.6 Å². The molecule has 0 aliphatic rings. The maximum Gasteiger partial charge on any atom is 0.397 e. The average Bonchev–Trinajstić information content (AvgIpc) is 2.61. The van der Waals surface area contributed by atoms with Gasteiger partial charge in [-0.1, -0.05) is 18.2 Å². The summed E-state index contributed by atoms with van der Waals surface area (Å²) in [4.78, 5) is 2.82. The van der Waals surface area contributed by atoms with Crippen molar-refractivity contribution in [2.75, 3.05) is 6.54 Å². The van der Waals surface area contributed by atoms with Crippen LogP contribution in [0.15, 0.2) is 30.5 Å². The van der Waals surface area contributed by atoms with Crippen molar-refractivity contribution in [2.24, 2.45) is 5.73 Å². The minimum Gasteiger partial charge on any atom is -0.361 e. The Bertz CT molecular complexity index is 493. The number of benzene rings is 1. The van der Waals surface area contributed by atoms with Crippen LogP contribution < -0.4 is 5.73 Å². The van der Waals surface area contributed by atoms with E-state index in [0.717, 1.165) is 0 Å². The average molecular weight is 265 g/mol. The molecule has 6 heteroatoms. The summed E-state index contributed by atoms with van der Waals surface area (Å²) >= 11 is 0. The van der Waals surface area contributed by atoms with Crippen LogP contribution in [0.5, 0.6) is 0 Å². The largest absolute Gasteiger partial charge is 0.397 e. The Morgan fingerprint density at radius 3 is 2.47 bits per heavy atom. The lowest BCUT2D eigenvalue weighted by atomic mass is 9.98. The van der Waals surface area contributed by atoms with E-state index >= 15 is 0 Å². The second-order valence-electron chi connectivity index (χ2n) is 3.62. The number of aromatic amines is 1. The second kappa shape index (κ2) is 4.98. The van der Waals surface area contributed by atoms with Crippen molar-refractivity contribution < 1.29 is 13.2 Å². The van der Waals surface area contributed by atoms with Gasteiger partial charge >= 0.3 is 6.18 Å². The third-order valence-electron chi connectivity index (χ3n) is 2.63. The monoisotopic (exact) mass is 264 g/mol. The normalized spacial score (nSPS) is 13.4. The molecule has 0 saturated carbocycles. The van der Waals surface area contributed by atoms with Gasteiger partial charge in [-0.25, -0.2) is 0 Å². The van der Waals surface area contributed by atoms with E-state index in [9.17, 15) is 13.2 Å². The summed E-state index contributed by atoms with van der Waals surface area (Å²) in [6.45, 7) is -0.439. The second-order valence-corrected chi connectivity index (χ2v) is 3.62. The fourth-order valence-corrected chi connectivity index (χ4v) is 1.82. The summed E-state index contributed by atoms with van der Waals surface area (Å²) in [5.41, 5.74) is 6.12. The lowest BCUT2D eigenvalue weighted by Gasteiger charge is -2.17. The highest BCUT2D eigenvalue weighted by atomic mass is 35.5. The number of hydrogen-bond acceptors (Lipinski definition) is 1. The maximum atomic E-state index is 12.7. The van der Waals surface area contributed by atoms with Crippen LogP contribution >= 0.6 is 12.4 Å². The molecule has 0 radical (unpaired) electrons. The predicted octanol–water partition coefficient (Wildman–Crippen LogP) is 3.19. The van der Waals surface area contributed by atoms with E-state index in [2.05, 4.69) is 4.98 Å². The molecule has 2 nitrogen and oxygen atoms in total. The highest BCUT2D eigenvalue weighted by molar-refractivity contribution is 5.85. The van der Waals surface area contributed by atoms with Crippen LogP contribution in [0, 0.1) is 0 Å². The van der Waals surface area contributed by atoms with Crippen molar-refractivity contribution in [3.63, 3.8) is 0 Å². The van der Waals surface area contributed by atoms with Crippen molar-refractivity contribution in [2.45, 2.75) is 12.1 Å². The summed E-state index contributed by atoms with van der Waals surface area (Å²) in [5.74, 6) is -1.61. The van der Waals surface area contributed by atoms with E-state index in [0.29, 0.717) is 10.9 Å². The first-order chi connectivity index (χ1) is 7.54. The Hall–Kier alpha value is -1.20. The lowest BCUT2D eigenvalue weighted by Crippen LogP contribution is -2.27. The van der Waals surface area contributed by atoms with Gasteiger partial charge in [0, 0.05) is 23.6 Å². The van der Waals surface area contributed by atoms with Gasteiger partial charge in [-0.3, -0.25) is 0 Å². The minimum atomic E-state index is -4.31. The number of aromatic nitrogens is 1. The molecule has 0 amide bonds. The Kier molecular flexibility index (Phi) is 4.06. The van der Waals surface area contributed by atoms with Gasteiger partial charge in [0.2, 0.25) is 0 Å². The Labute approximate surface area is 102 Å². The van der Waals surface area contributed by atoms with Crippen LogP contribution in [0.3, 0.4) is 0 Å². The molecular formula is C11H12ClF3N2. The summed E-state index contributed by atoms with van der Waals surface area (Å²) < 4.78 is 38.2. The molecule has 0 saturated heterocycles. The lowest BCUT2D eigenvalue weighted by molar-refractivity contribution is -0.147. The van der Waals surface area contributed by atoms with Crippen molar-refractivity contribution in [1.29, 1.82) is 0 Å². The van der Waals surface area contributed by atoms with Crippen molar-refractivity contribution in [3.05, 3.63) is 36.0 Å². The SMILES string of the molecule is Cl.NCC(c1c[nH]c2ccccc12)C(F)(F)F. The molecule has 3 N–H and O–H groups in total. The number of halogens is 4. The van der Waals surface area contributed by atoms with Crippen LogP contribution in [-0.2, 0) is 0 Å². The first kappa shape index (κ1) is 13.9. The molecule has 0 fully saturated rings. The molecule has 0 spiro atoms. The molecule has 1 aromatic carbocycles. The molecular weight excluding hydrogens is 253 g/mol. The highest BCUT2D eigenvalue weighted by Crippen LogP contribution is 2.37.